The first kappa shape index (κ1) is 17.9. The number of ether oxygens (including phenoxy) is 1. The van der Waals surface area contributed by atoms with Crippen LogP contribution in [-0.2, 0) is 11.2 Å². The Balaban J connectivity index is 1.59. The van der Waals surface area contributed by atoms with Crippen LogP contribution in [0.25, 0.3) is 10.2 Å². The van der Waals surface area contributed by atoms with Gasteiger partial charge in [0.1, 0.15) is 23.5 Å². The molecule has 1 N–H and O–H groups in total. The summed E-state index contributed by atoms with van der Waals surface area (Å²) in [4.78, 5) is 22.4. The summed E-state index contributed by atoms with van der Waals surface area (Å²) in [6, 6.07) is 0. The Bertz CT molecular complexity index is 795. The third-order valence-corrected chi connectivity index (χ3v) is 7.62. The van der Waals surface area contributed by atoms with E-state index in [-0.39, 0.29) is 11.6 Å². The molecule has 1 fully saturated rings. The van der Waals surface area contributed by atoms with Gasteiger partial charge in [0.05, 0.1) is 5.39 Å². The van der Waals surface area contributed by atoms with Gasteiger partial charge in [-0.3, -0.25) is 0 Å². The van der Waals surface area contributed by atoms with Gasteiger partial charge in [-0.25, -0.2) is 9.97 Å². The number of aldehydes is 1. The predicted octanol–water partition coefficient (Wildman–Crippen LogP) is 2.92. The molecule has 7 heteroatoms. The zero-order valence-electron chi connectivity index (χ0n) is 15.6. The number of hydrogen-bond donors (Lipinski definition) is 1. The summed E-state index contributed by atoms with van der Waals surface area (Å²) in [5.74, 6) is 1.02. The number of nitrogens with zero attached hydrogens (tertiary/aromatic N) is 2. The standard InChI is InChI=1S/C19H26BN3O2S/c1-2-19(23-20)8-5-13(6-9-19)25-17-16-15-12(7-10-24)3-4-14(15)26-18(16)22-11-21-17/h10-13,23H,2-9,20H2,1H3/t12-,13-,19-/m1/s1. The van der Waals surface area contributed by atoms with Crippen LogP contribution in [0, 0.1) is 0 Å². The molecule has 0 radical (unpaired) electrons. The Morgan fingerprint density at radius 3 is 2.88 bits per heavy atom. The minimum absolute atomic E-state index is 0.211. The summed E-state index contributed by atoms with van der Waals surface area (Å²) in [7, 11) is 2.07. The van der Waals surface area contributed by atoms with Gasteiger partial charge >= 0.3 is 0 Å². The van der Waals surface area contributed by atoms with E-state index in [2.05, 4.69) is 30.1 Å². The Labute approximate surface area is 159 Å². The third kappa shape index (κ3) is 3.05. The van der Waals surface area contributed by atoms with E-state index in [1.54, 1.807) is 17.7 Å². The first-order valence-corrected chi connectivity index (χ1v) is 10.6. The number of aryl methyl sites for hydroxylation is 1. The van der Waals surface area contributed by atoms with Crippen LogP contribution in [0.1, 0.15) is 68.2 Å². The van der Waals surface area contributed by atoms with Crippen LogP contribution in [0.4, 0.5) is 0 Å². The predicted molar refractivity (Wildman–Crippen MR) is 107 cm³/mol. The zero-order valence-corrected chi connectivity index (χ0v) is 16.4. The van der Waals surface area contributed by atoms with Gasteiger partial charge in [-0.1, -0.05) is 6.92 Å². The smallest absolute Gasteiger partial charge is 0.225 e. The minimum atomic E-state index is 0.211. The Morgan fingerprint density at radius 2 is 2.19 bits per heavy atom. The summed E-state index contributed by atoms with van der Waals surface area (Å²) in [5.41, 5.74) is 1.54. The van der Waals surface area contributed by atoms with E-state index in [4.69, 9.17) is 4.74 Å². The molecule has 2 aromatic rings. The molecule has 26 heavy (non-hydrogen) atoms. The quantitative estimate of drug-likeness (QED) is 0.625. The Hall–Kier alpha value is -1.47. The van der Waals surface area contributed by atoms with Crippen LogP contribution in [-0.4, -0.2) is 35.9 Å². The van der Waals surface area contributed by atoms with Gasteiger partial charge in [0.15, 0.2) is 7.98 Å². The van der Waals surface area contributed by atoms with Crippen LogP contribution in [0.15, 0.2) is 6.33 Å². The summed E-state index contributed by atoms with van der Waals surface area (Å²) < 4.78 is 6.40. The average molecular weight is 371 g/mol. The molecule has 0 spiro atoms. The lowest BCUT2D eigenvalue weighted by Crippen LogP contribution is -2.47. The van der Waals surface area contributed by atoms with E-state index in [9.17, 15) is 4.79 Å². The second-order valence-corrected chi connectivity index (χ2v) is 8.72. The number of rotatable bonds is 6. The second-order valence-electron chi connectivity index (χ2n) is 7.64. The highest BCUT2D eigenvalue weighted by molar-refractivity contribution is 7.19. The summed E-state index contributed by atoms with van der Waals surface area (Å²) in [5, 5.41) is 4.59. The molecule has 2 aliphatic rings. The van der Waals surface area contributed by atoms with Crippen molar-refractivity contribution in [1.82, 2.24) is 15.2 Å². The first-order valence-electron chi connectivity index (χ1n) is 9.75. The molecular weight excluding hydrogens is 345 g/mol. The van der Waals surface area contributed by atoms with Gasteiger partial charge in [-0.05, 0) is 56.4 Å². The van der Waals surface area contributed by atoms with Gasteiger partial charge in [-0.2, -0.15) is 0 Å². The van der Waals surface area contributed by atoms with Gasteiger partial charge in [0.25, 0.3) is 0 Å². The maximum Gasteiger partial charge on any atom is 0.225 e. The van der Waals surface area contributed by atoms with E-state index in [0.29, 0.717) is 12.3 Å². The van der Waals surface area contributed by atoms with Gasteiger partial charge < -0.3 is 14.8 Å². The molecule has 5 nitrogen and oxygen atoms in total. The molecule has 2 heterocycles. The fourth-order valence-corrected chi connectivity index (χ4v) is 5.91. The molecule has 1 saturated carbocycles. The van der Waals surface area contributed by atoms with Gasteiger partial charge in [0, 0.05) is 16.8 Å². The average Bonchev–Trinajstić information content (AvgIpc) is 3.23. The largest absolute Gasteiger partial charge is 0.474 e. The van der Waals surface area contributed by atoms with Crippen molar-refractivity contribution in [3.05, 3.63) is 16.8 Å². The van der Waals surface area contributed by atoms with E-state index < -0.39 is 0 Å². The highest BCUT2D eigenvalue weighted by Gasteiger charge is 2.34. The summed E-state index contributed by atoms with van der Waals surface area (Å²) >= 11 is 1.74. The zero-order chi connectivity index (χ0) is 18.1. The maximum absolute atomic E-state index is 11.1. The SMILES string of the molecule is BN[C@]1(CC)CC[C@@H](Oc2ncnc3sc4c(c23)[C@@H](CC=O)CC4)CC1. The van der Waals surface area contributed by atoms with Crippen LogP contribution in [0.2, 0.25) is 0 Å². The van der Waals surface area contributed by atoms with Crippen molar-refractivity contribution >= 4 is 35.8 Å². The molecule has 138 valence electrons. The van der Waals surface area contributed by atoms with Crippen molar-refractivity contribution in [2.75, 3.05) is 0 Å². The second kappa shape index (κ2) is 7.27. The van der Waals surface area contributed by atoms with Gasteiger partial charge in [-0.15, -0.1) is 11.3 Å². The Morgan fingerprint density at radius 1 is 1.38 bits per heavy atom. The maximum atomic E-state index is 11.1. The van der Waals surface area contributed by atoms with Crippen molar-refractivity contribution in [2.24, 2.45) is 0 Å². The van der Waals surface area contributed by atoms with Crippen LogP contribution in [0.5, 0.6) is 5.88 Å². The highest BCUT2D eigenvalue weighted by Crippen LogP contribution is 2.47. The molecule has 2 aliphatic carbocycles. The van der Waals surface area contributed by atoms with Crippen molar-refractivity contribution < 1.29 is 9.53 Å². The molecule has 0 amide bonds. The summed E-state index contributed by atoms with van der Waals surface area (Å²) in [6.45, 7) is 2.26. The van der Waals surface area contributed by atoms with Gasteiger partial charge in [0.2, 0.25) is 5.88 Å². The van der Waals surface area contributed by atoms with Crippen molar-refractivity contribution in [1.29, 1.82) is 0 Å². The number of carbonyl (C=O) groups excluding carboxylic acids is 1. The number of fused-ring (bicyclic) bond motifs is 3. The van der Waals surface area contributed by atoms with E-state index >= 15 is 0 Å². The molecular formula is C19H26BN3O2S. The highest BCUT2D eigenvalue weighted by atomic mass is 32.1. The molecule has 0 aliphatic heterocycles. The molecule has 0 bridgehead atoms. The number of aromatic nitrogens is 2. The molecule has 0 unspecified atom stereocenters. The van der Waals surface area contributed by atoms with Crippen molar-refractivity contribution in [3.8, 4) is 5.88 Å². The summed E-state index contributed by atoms with van der Waals surface area (Å²) in [6.07, 6.45) is 11.0. The fraction of sp³-hybridized carbons (Fsp3) is 0.632. The fourth-order valence-electron chi connectivity index (χ4n) is 4.68. The van der Waals surface area contributed by atoms with E-state index in [1.165, 1.54) is 10.4 Å². The molecule has 2 aromatic heterocycles. The van der Waals surface area contributed by atoms with Crippen LogP contribution >= 0.6 is 11.3 Å². The molecule has 1 atom stereocenters. The molecule has 0 aromatic carbocycles. The Kier molecular flexibility index (Phi) is 5.01. The number of hydrogen-bond acceptors (Lipinski definition) is 6. The van der Waals surface area contributed by atoms with Crippen LogP contribution < -0.4 is 9.96 Å². The topological polar surface area (TPSA) is 64.1 Å². The lowest BCUT2D eigenvalue weighted by Gasteiger charge is -2.39. The monoisotopic (exact) mass is 371 g/mol. The van der Waals surface area contributed by atoms with Crippen LogP contribution in [0.3, 0.4) is 0 Å². The molecule has 0 saturated heterocycles. The minimum Gasteiger partial charge on any atom is -0.474 e. The van der Waals surface area contributed by atoms with Crippen molar-refractivity contribution in [3.63, 3.8) is 0 Å². The number of thiophene rings is 1. The van der Waals surface area contributed by atoms with E-state index in [1.807, 2.05) is 0 Å². The molecule has 4 rings (SSSR count). The first-order chi connectivity index (χ1) is 12.7. The normalized spacial score (nSPS) is 28.2. The number of carbonyl (C=O) groups is 1. The number of nitrogens with one attached hydrogen (secondary N) is 1. The van der Waals surface area contributed by atoms with Crippen molar-refractivity contribution in [2.45, 2.75) is 75.9 Å². The van der Waals surface area contributed by atoms with E-state index in [0.717, 1.165) is 67.3 Å². The lowest BCUT2D eigenvalue weighted by atomic mass is 9.77. The lowest BCUT2D eigenvalue weighted by molar-refractivity contribution is -0.108. The third-order valence-electron chi connectivity index (χ3n) is 6.45.